The van der Waals surface area contributed by atoms with E-state index in [1.54, 1.807) is 11.3 Å². The molecule has 2 nitrogen and oxygen atoms in total. The first kappa shape index (κ1) is 20.8. The minimum atomic E-state index is 0.551. The summed E-state index contributed by atoms with van der Waals surface area (Å²) in [6.07, 6.45) is 0. The molecule has 0 saturated heterocycles. The summed E-state index contributed by atoms with van der Waals surface area (Å²) in [5.74, 6) is 1.73. The smallest absolute Gasteiger partial charge is 0.180 e. The molecule has 3 heteroatoms. The molecule has 1 aliphatic rings. The van der Waals surface area contributed by atoms with E-state index in [0.717, 1.165) is 21.3 Å². The first-order valence-electron chi connectivity index (χ1n) is 12.6. The summed E-state index contributed by atoms with van der Waals surface area (Å²) in [6.45, 7) is 1.10. The summed E-state index contributed by atoms with van der Waals surface area (Å²) in [5.41, 5.74) is 2.44. The van der Waals surface area contributed by atoms with Crippen molar-refractivity contribution in [3.8, 4) is 32.4 Å². The molecule has 8 rings (SSSR count). The van der Waals surface area contributed by atoms with Gasteiger partial charge in [-0.15, -0.1) is 11.3 Å². The highest BCUT2D eigenvalue weighted by Gasteiger charge is 2.29. The fourth-order valence-corrected chi connectivity index (χ4v) is 7.13. The van der Waals surface area contributed by atoms with E-state index < -0.39 is 0 Å². The standard InChI is InChI=1S/C34H22O2S/c1-5-13-25-21(9-1)19-22-10-2-6-14-26(22)29(25)33-31-32(36-18-17-35-31)34(37-33)30-27-15-7-3-11-23(27)20-24-12-4-8-16-28(24)30/h1-16,19-20H,17-18H2. The van der Waals surface area contributed by atoms with Crippen molar-refractivity contribution in [3.63, 3.8) is 0 Å². The lowest BCUT2D eigenvalue weighted by Crippen LogP contribution is -2.15. The van der Waals surface area contributed by atoms with Crippen molar-refractivity contribution in [2.45, 2.75) is 0 Å². The largest absolute Gasteiger partial charge is 0.485 e. The molecular formula is C34H22O2S. The van der Waals surface area contributed by atoms with Crippen molar-refractivity contribution in [1.29, 1.82) is 0 Å². The van der Waals surface area contributed by atoms with Crippen LogP contribution in [0.15, 0.2) is 109 Å². The SMILES string of the molecule is c1ccc2c(-c3sc(-c4c5ccccc5cc5ccccc45)c4c3OCCO4)c3ccccc3cc2c1. The highest BCUT2D eigenvalue weighted by molar-refractivity contribution is 7.20. The monoisotopic (exact) mass is 494 g/mol. The molecule has 0 fully saturated rings. The molecule has 0 unspecified atom stereocenters. The van der Waals surface area contributed by atoms with Crippen LogP contribution in [0.25, 0.3) is 64.0 Å². The van der Waals surface area contributed by atoms with E-state index in [9.17, 15) is 0 Å². The summed E-state index contributed by atoms with van der Waals surface area (Å²) in [5, 5.41) is 9.84. The van der Waals surface area contributed by atoms with Crippen molar-refractivity contribution >= 4 is 54.4 Å². The third-order valence-corrected chi connectivity index (χ3v) is 8.58. The van der Waals surface area contributed by atoms with Gasteiger partial charge in [0.05, 0.1) is 9.75 Å². The van der Waals surface area contributed by atoms with Crippen LogP contribution in [0.2, 0.25) is 0 Å². The third-order valence-electron chi connectivity index (χ3n) is 7.40. The van der Waals surface area contributed by atoms with E-state index in [4.69, 9.17) is 9.47 Å². The first-order chi connectivity index (χ1) is 18.4. The van der Waals surface area contributed by atoms with E-state index in [1.807, 2.05) is 0 Å². The summed E-state index contributed by atoms with van der Waals surface area (Å²) < 4.78 is 12.8. The highest BCUT2D eigenvalue weighted by atomic mass is 32.1. The average molecular weight is 495 g/mol. The second-order valence-corrected chi connectivity index (χ2v) is 10.5. The molecule has 7 aromatic rings. The van der Waals surface area contributed by atoms with Gasteiger partial charge in [-0.3, -0.25) is 0 Å². The lowest BCUT2D eigenvalue weighted by molar-refractivity contribution is 0.175. The zero-order valence-corrected chi connectivity index (χ0v) is 20.8. The highest BCUT2D eigenvalue weighted by Crippen LogP contribution is 2.57. The van der Waals surface area contributed by atoms with Gasteiger partial charge in [-0.05, 0) is 55.2 Å². The van der Waals surface area contributed by atoms with Gasteiger partial charge in [0.25, 0.3) is 0 Å². The van der Waals surface area contributed by atoms with E-state index in [-0.39, 0.29) is 0 Å². The number of benzene rings is 6. The van der Waals surface area contributed by atoms with Gasteiger partial charge in [-0.25, -0.2) is 0 Å². The fraction of sp³-hybridized carbons (Fsp3) is 0.0588. The summed E-state index contributed by atoms with van der Waals surface area (Å²) in [6, 6.07) is 39.2. The Bertz CT molecular complexity index is 1750. The molecule has 37 heavy (non-hydrogen) atoms. The Labute approximate surface area is 218 Å². The zero-order valence-electron chi connectivity index (χ0n) is 20.0. The predicted octanol–water partition coefficient (Wildman–Crippen LogP) is 9.47. The average Bonchev–Trinajstić information content (AvgIpc) is 3.33. The van der Waals surface area contributed by atoms with Crippen molar-refractivity contribution in [2.24, 2.45) is 0 Å². The molecule has 0 saturated carbocycles. The van der Waals surface area contributed by atoms with Crippen LogP contribution in [0, 0.1) is 0 Å². The van der Waals surface area contributed by atoms with Crippen molar-refractivity contribution in [2.75, 3.05) is 13.2 Å². The summed E-state index contributed by atoms with van der Waals surface area (Å²) in [4.78, 5) is 2.27. The fourth-order valence-electron chi connectivity index (χ4n) is 5.80. The minimum absolute atomic E-state index is 0.551. The van der Waals surface area contributed by atoms with Crippen molar-refractivity contribution < 1.29 is 9.47 Å². The van der Waals surface area contributed by atoms with Crippen LogP contribution in [0.4, 0.5) is 0 Å². The Kier molecular flexibility index (Phi) is 4.55. The van der Waals surface area contributed by atoms with E-state index in [1.165, 1.54) is 54.2 Å². The molecule has 1 aliphatic heterocycles. The molecule has 2 heterocycles. The summed E-state index contributed by atoms with van der Waals surface area (Å²) in [7, 11) is 0. The molecular weight excluding hydrogens is 472 g/mol. The lowest BCUT2D eigenvalue weighted by Gasteiger charge is -2.19. The lowest BCUT2D eigenvalue weighted by atomic mass is 9.94. The maximum absolute atomic E-state index is 6.42. The second-order valence-electron chi connectivity index (χ2n) is 9.50. The van der Waals surface area contributed by atoms with Gasteiger partial charge in [0.2, 0.25) is 0 Å². The molecule has 0 spiro atoms. The van der Waals surface area contributed by atoms with E-state index >= 15 is 0 Å². The van der Waals surface area contributed by atoms with Crippen LogP contribution in [0.1, 0.15) is 0 Å². The number of hydrogen-bond acceptors (Lipinski definition) is 3. The van der Waals surface area contributed by atoms with Crippen LogP contribution >= 0.6 is 11.3 Å². The van der Waals surface area contributed by atoms with E-state index in [2.05, 4.69) is 109 Å². The van der Waals surface area contributed by atoms with Crippen molar-refractivity contribution in [1.82, 2.24) is 0 Å². The number of ether oxygens (including phenoxy) is 2. The number of rotatable bonds is 2. The second kappa shape index (κ2) is 8.09. The Balaban J connectivity index is 1.53. The van der Waals surface area contributed by atoms with Gasteiger partial charge < -0.3 is 9.47 Å². The van der Waals surface area contributed by atoms with Gasteiger partial charge >= 0.3 is 0 Å². The minimum Gasteiger partial charge on any atom is -0.485 e. The van der Waals surface area contributed by atoms with Crippen LogP contribution in [0.5, 0.6) is 11.5 Å². The molecule has 1 aromatic heterocycles. The molecule has 6 aromatic carbocycles. The topological polar surface area (TPSA) is 18.5 Å². The maximum Gasteiger partial charge on any atom is 0.180 e. The molecule has 0 bridgehead atoms. The van der Waals surface area contributed by atoms with E-state index in [0.29, 0.717) is 13.2 Å². The number of hydrogen-bond donors (Lipinski definition) is 0. The summed E-state index contributed by atoms with van der Waals surface area (Å²) >= 11 is 1.79. The quantitative estimate of drug-likeness (QED) is 0.223. The zero-order chi connectivity index (χ0) is 24.3. The van der Waals surface area contributed by atoms with Crippen LogP contribution < -0.4 is 9.47 Å². The number of thiophene rings is 1. The van der Waals surface area contributed by atoms with Gasteiger partial charge in [-0.1, -0.05) is 97.1 Å². The van der Waals surface area contributed by atoms with Gasteiger partial charge in [0, 0.05) is 11.1 Å². The maximum atomic E-state index is 6.42. The Morgan fingerprint density at radius 1 is 0.432 bits per heavy atom. The Morgan fingerprint density at radius 2 is 0.757 bits per heavy atom. The first-order valence-corrected chi connectivity index (χ1v) is 13.4. The number of fused-ring (bicyclic) bond motifs is 5. The molecule has 0 amide bonds. The van der Waals surface area contributed by atoms with Gasteiger partial charge in [-0.2, -0.15) is 0 Å². The molecule has 0 N–H and O–H groups in total. The third kappa shape index (κ3) is 3.11. The van der Waals surface area contributed by atoms with Crippen LogP contribution in [0.3, 0.4) is 0 Å². The van der Waals surface area contributed by atoms with Gasteiger partial charge in [0.15, 0.2) is 11.5 Å². The van der Waals surface area contributed by atoms with Gasteiger partial charge in [0.1, 0.15) is 13.2 Å². The molecule has 0 aliphatic carbocycles. The van der Waals surface area contributed by atoms with Crippen LogP contribution in [-0.4, -0.2) is 13.2 Å². The molecule has 176 valence electrons. The normalized spacial score (nSPS) is 13.1. The Hall–Kier alpha value is -4.34. The molecule has 0 radical (unpaired) electrons. The van der Waals surface area contributed by atoms with Crippen molar-refractivity contribution in [3.05, 3.63) is 109 Å². The molecule has 0 atom stereocenters. The predicted molar refractivity (Wildman–Crippen MR) is 156 cm³/mol. The Morgan fingerprint density at radius 3 is 1.11 bits per heavy atom. The van der Waals surface area contributed by atoms with Crippen LogP contribution in [-0.2, 0) is 0 Å².